The van der Waals surface area contributed by atoms with E-state index in [0.29, 0.717) is 25.0 Å². The molecule has 9 heteroatoms. The molecule has 1 fully saturated rings. The molecule has 3 rings (SSSR count). The lowest BCUT2D eigenvalue weighted by Gasteiger charge is -2.13. The molecule has 1 heterocycles. The Hall–Kier alpha value is -2.84. The predicted octanol–water partition coefficient (Wildman–Crippen LogP) is 3.18. The van der Waals surface area contributed by atoms with Crippen molar-refractivity contribution >= 4 is 11.9 Å². The van der Waals surface area contributed by atoms with Crippen LogP contribution >= 0.6 is 0 Å². The van der Waals surface area contributed by atoms with Crippen LogP contribution in [-0.4, -0.2) is 32.8 Å². The maximum absolute atomic E-state index is 12.9. The number of aromatic nitrogens is 2. The summed E-state index contributed by atoms with van der Waals surface area (Å²) in [6.45, 7) is 1.59. The van der Waals surface area contributed by atoms with Crippen LogP contribution in [0, 0.1) is 12.8 Å². The van der Waals surface area contributed by atoms with E-state index < -0.39 is 29.5 Å². The summed E-state index contributed by atoms with van der Waals surface area (Å²) in [4.78, 5) is 23.5. The zero-order valence-corrected chi connectivity index (χ0v) is 14.5. The number of rotatable bonds is 4. The van der Waals surface area contributed by atoms with Crippen LogP contribution in [0.15, 0.2) is 30.5 Å². The van der Waals surface area contributed by atoms with Crippen molar-refractivity contribution in [3.63, 3.8) is 0 Å². The number of nitrogens with zero attached hydrogens (tertiary/aromatic N) is 2. The third-order valence-electron chi connectivity index (χ3n) is 4.79. The summed E-state index contributed by atoms with van der Waals surface area (Å²) < 4.78 is 40.0. The summed E-state index contributed by atoms with van der Waals surface area (Å²) in [7, 11) is 0. The van der Waals surface area contributed by atoms with Gasteiger partial charge in [-0.25, -0.2) is 4.68 Å². The van der Waals surface area contributed by atoms with Crippen LogP contribution in [-0.2, 0) is 11.0 Å². The van der Waals surface area contributed by atoms with E-state index in [0.717, 1.165) is 12.1 Å². The van der Waals surface area contributed by atoms with E-state index >= 15 is 0 Å². The molecule has 0 spiro atoms. The van der Waals surface area contributed by atoms with Crippen LogP contribution in [0.4, 0.5) is 13.2 Å². The smallest absolute Gasteiger partial charge is 0.416 e. The third kappa shape index (κ3) is 3.96. The van der Waals surface area contributed by atoms with Crippen LogP contribution in [0.5, 0.6) is 0 Å². The number of carbonyl (C=O) groups is 2. The number of nitrogens with one attached hydrogen (secondary N) is 1. The van der Waals surface area contributed by atoms with Crippen LogP contribution in [0.25, 0.3) is 5.69 Å². The maximum Gasteiger partial charge on any atom is 0.416 e. The molecule has 6 nitrogen and oxygen atoms in total. The topological polar surface area (TPSA) is 84.2 Å². The minimum atomic E-state index is -4.47. The normalized spacial score (nSPS) is 19.9. The van der Waals surface area contributed by atoms with Crippen molar-refractivity contribution in [3.05, 3.63) is 47.3 Å². The molecule has 0 aliphatic heterocycles. The second kappa shape index (κ2) is 7.05. The van der Waals surface area contributed by atoms with Crippen LogP contribution < -0.4 is 5.32 Å². The van der Waals surface area contributed by atoms with Gasteiger partial charge in [0, 0.05) is 6.04 Å². The zero-order chi connectivity index (χ0) is 19.8. The van der Waals surface area contributed by atoms with Crippen molar-refractivity contribution in [1.82, 2.24) is 15.1 Å². The summed E-state index contributed by atoms with van der Waals surface area (Å²) in [6.07, 6.45) is -1.73. The Kier molecular flexibility index (Phi) is 4.95. The fraction of sp³-hybridized carbons (Fsp3) is 0.389. The van der Waals surface area contributed by atoms with Gasteiger partial charge >= 0.3 is 12.1 Å². The first kappa shape index (κ1) is 18.9. The van der Waals surface area contributed by atoms with Crippen molar-refractivity contribution in [2.75, 3.05) is 0 Å². The van der Waals surface area contributed by atoms with Gasteiger partial charge < -0.3 is 10.4 Å². The van der Waals surface area contributed by atoms with Crippen molar-refractivity contribution in [2.45, 2.75) is 38.4 Å². The second-order valence-electron chi connectivity index (χ2n) is 6.62. The number of aliphatic carboxylic acids is 1. The van der Waals surface area contributed by atoms with E-state index in [-0.39, 0.29) is 17.3 Å². The SMILES string of the molecule is Cc1c(C(=O)N[C@H]2CC[C@@H](C(=O)O)C2)cnn1-c1cccc(C(F)(F)F)c1. The van der Waals surface area contributed by atoms with Crippen LogP contribution in [0.2, 0.25) is 0 Å². The number of alkyl halides is 3. The minimum Gasteiger partial charge on any atom is -0.481 e. The Morgan fingerprint density at radius 2 is 2.04 bits per heavy atom. The first-order valence-electron chi connectivity index (χ1n) is 8.42. The fourth-order valence-corrected chi connectivity index (χ4v) is 3.31. The number of benzene rings is 1. The molecule has 1 aliphatic rings. The summed E-state index contributed by atoms with van der Waals surface area (Å²) in [5.41, 5.74) is 0.0468. The van der Waals surface area contributed by atoms with Gasteiger partial charge in [-0.1, -0.05) is 6.07 Å². The summed E-state index contributed by atoms with van der Waals surface area (Å²) in [6, 6.07) is 4.45. The Morgan fingerprint density at radius 3 is 2.67 bits per heavy atom. The highest BCUT2D eigenvalue weighted by Crippen LogP contribution is 2.31. The van der Waals surface area contributed by atoms with Crippen molar-refractivity contribution in [2.24, 2.45) is 5.92 Å². The zero-order valence-electron chi connectivity index (χ0n) is 14.5. The molecular weight excluding hydrogens is 363 g/mol. The van der Waals surface area contributed by atoms with Gasteiger partial charge in [0.2, 0.25) is 0 Å². The van der Waals surface area contributed by atoms with Gasteiger partial charge in [0.25, 0.3) is 5.91 Å². The van der Waals surface area contributed by atoms with Crippen LogP contribution in [0.1, 0.15) is 40.9 Å². The van der Waals surface area contributed by atoms with Crippen molar-refractivity contribution < 1.29 is 27.9 Å². The Morgan fingerprint density at radius 1 is 1.30 bits per heavy atom. The molecule has 1 amide bonds. The molecule has 0 bridgehead atoms. The largest absolute Gasteiger partial charge is 0.481 e. The first-order chi connectivity index (χ1) is 12.7. The Bertz CT molecular complexity index is 876. The monoisotopic (exact) mass is 381 g/mol. The quantitative estimate of drug-likeness (QED) is 0.852. The lowest BCUT2D eigenvalue weighted by Crippen LogP contribution is -2.33. The van der Waals surface area contributed by atoms with E-state index in [4.69, 9.17) is 5.11 Å². The molecule has 144 valence electrons. The number of carboxylic acids is 1. The molecule has 2 atom stereocenters. The molecular formula is C18H18F3N3O3. The van der Waals surface area contributed by atoms with Gasteiger partial charge in [-0.15, -0.1) is 0 Å². The molecule has 27 heavy (non-hydrogen) atoms. The van der Waals surface area contributed by atoms with Gasteiger partial charge in [0.05, 0.1) is 34.6 Å². The van der Waals surface area contributed by atoms with E-state index in [1.54, 1.807) is 6.92 Å². The number of hydrogen-bond acceptors (Lipinski definition) is 3. The standard InChI is InChI=1S/C18H18F3N3O3/c1-10-15(16(25)23-13-6-5-11(7-13)17(26)27)9-22-24(10)14-4-2-3-12(8-14)18(19,20)21/h2-4,8-9,11,13H,5-7H2,1H3,(H,23,25)(H,26,27)/t11-,13+/m1/s1. The first-order valence-corrected chi connectivity index (χ1v) is 8.42. The van der Waals surface area contributed by atoms with Gasteiger partial charge in [-0.05, 0) is 44.4 Å². The third-order valence-corrected chi connectivity index (χ3v) is 4.79. The molecule has 1 aromatic carbocycles. The summed E-state index contributed by atoms with van der Waals surface area (Å²) in [5.74, 6) is -1.76. The number of halogens is 3. The van der Waals surface area contributed by atoms with E-state index in [1.165, 1.54) is 23.0 Å². The Balaban J connectivity index is 1.78. The van der Waals surface area contributed by atoms with E-state index in [9.17, 15) is 22.8 Å². The van der Waals surface area contributed by atoms with Gasteiger partial charge in [0.1, 0.15) is 0 Å². The lowest BCUT2D eigenvalue weighted by atomic mass is 10.1. The fourth-order valence-electron chi connectivity index (χ4n) is 3.31. The number of amides is 1. The number of hydrogen-bond donors (Lipinski definition) is 2. The van der Waals surface area contributed by atoms with Crippen molar-refractivity contribution in [1.29, 1.82) is 0 Å². The minimum absolute atomic E-state index is 0.202. The molecule has 2 aromatic rings. The van der Waals surface area contributed by atoms with Crippen molar-refractivity contribution in [3.8, 4) is 5.69 Å². The highest BCUT2D eigenvalue weighted by atomic mass is 19.4. The highest BCUT2D eigenvalue weighted by Gasteiger charge is 2.32. The average Bonchev–Trinajstić information content (AvgIpc) is 3.21. The molecule has 1 aliphatic carbocycles. The van der Waals surface area contributed by atoms with Gasteiger partial charge in [0.15, 0.2) is 0 Å². The maximum atomic E-state index is 12.9. The molecule has 1 saturated carbocycles. The van der Waals surface area contributed by atoms with Gasteiger partial charge in [-0.2, -0.15) is 18.3 Å². The predicted molar refractivity (Wildman–Crippen MR) is 89.5 cm³/mol. The molecule has 2 N–H and O–H groups in total. The summed E-state index contributed by atoms with van der Waals surface area (Å²) in [5, 5.41) is 15.9. The van der Waals surface area contributed by atoms with Gasteiger partial charge in [-0.3, -0.25) is 9.59 Å². The van der Waals surface area contributed by atoms with E-state index in [1.807, 2.05) is 0 Å². The van der Waals surface area contributed by atoms with Crippen LogP contribution in [0.3, 0.4) is 0 Å². The van der Waals surface area contributed by atoms with E-state index in [2.05, 4.69) is 10.4 Å². The molecule has 0 unspecified atom stereocenters. The Labute approximate surface area is 153 Å². The molecule has 0 saturated heterocycles. The molecule has 1 aromatic heterocycles. The highest BCUT2D eigenvalue weighted by molar-refractivity contribution is 5.95. The summed E-state index contributed by atoms with van der Waals surface area (Å²) >= 11 is 0. The number of carbonyl (C=O) groups excluding carboxylic acids is 1. The lowest BCUT2D eigenvalue weighted by molar-refractivity contribution is -0.141. The second-order valence-corrected chi connectivity index (χ2v) is 6.62. The number of carboxylic acid groups (broad SMARTS) is 1. The molecule has 0 radical (unpaired) electrons. The average molecular weight is 381 g/mol.